The molecule has 0 saturated carbocycles. The number of nitrogens with one attached hydrogen (secondary N) is 1. The molecule has 2 aromatic carbocycles. The Morgan fingerprint density at radius 1 is 1.26 bits per heavy atom. The van der Waals surface area contributed by atoms with E-state index in [4.69, 9.17) is 11.6 Å². The van der Waals surface area contributed by atoms with Gasteiger partial charge in [-0.2, -0.15) is 0 Å². The number of carbonyl (C=O) groups excluding carboxylic acids is 1. The van der Waals surface area contributed by atoms with Crippen LogP contribution in [0.2, 0.25) is 0 Å². The minimum absolute atomic E-state index is 0.0667. The third kappa shape index (κ3) is 4.09. The zero-order valence-electron chi connectivity index (χ0n) is 12.6. The number of benzene rings is 2. The van der Waals surface area contributed by atoms with Crippen molar-refractivity contribution in [1.82, 2.24) is 0 Å². The second kappa shape index (κ2) is 6.68. The number of aryl methyl sites for hydroxylation is 1. The Labute approximate surface area is 139 Å². The van der Waals surface area contributed by atoms with E-state index in [1.165, 1.54) is 24.3 Å². The molecule has 0 fully saturated rings. The van der Waals surface area contributed by atoms with Crippen LogP contribution >= 0.6 is 11.6 Å². The monoisotopic (exact) mass is 355 g/mol. The summed E-state index contributed by atoms with van der Waals surface area (Å²) in [7, 11) is -3.61. The van der Waals surface area contributed by atoms with E-state index in [-0.39, 0.29) is 16.1 Å². The molecule has 0 radical (unpaired) electrons. The van der Waals surface area contributed by atoms with Crippen molar-refractivity contribution in [2.24, 2.45) is 0 Å². The van der Waals surface area contributed by atoms with Crippen molar-refractivity contribution in [3.8, 4) is 0 Å². The summed E-state index contributed by atoms with van der Waals surface area (Å²) >= 11 is 5.54. The first-order valence-electron chi connectivity index (χ1n) is 6.81. The van der Waals surface area contributed by atoms with Gasteiger partial charge in [-0.1, -0.05) is 13.0 Å². The average Bonchev–Trinajstić information content (AvgIpc) is 2.45. The van der Waals surface area contributed by atoms with Crippen LogP contribution in [0.25, 0.3) is 0 Å². The molecule has 1 N–H and O–H groups in total. The van der Waals surface area contributed by atoms with Gasteiger partial charge in [-0.05, 0) is 53.9 Å². The number of carbonyl (C=O) groups is 1. The van der Waals surface area contributed by atoms with Crippen LogP contribution < -0.4 is 5.32 Å². The first-order valence-corrected chi connectivity index (χ1v) is 9.08. The molecular weight excluding hydrogens is 341 g/mol. The summed E-state index contributed by atoms with van der Waals surface area (Å²) in [6.07, 6.45) is 1.53. The van der Waals surface area contributed by atoms with E-state index in [0.29, 0.717) is 17.7 Å². The minimum atomic E-state index is -3.61. The summed E-state index contributed by atoms with van der Waals surface area (Å²) in [5.74, 6) is -0.445. The van der Waals surface area contributed by atoms with Crippen LogP contribution in [0.4, 0.5) is 15.8 Å². The zero-order valence-corrected chi connectivity index (χ0v) is 14.1. The number of sulfone groups is 1. The molecule has 2 rings (SSSR count). The number of anilines is 2. The molecule has 7 heteroatoms. The van der Waals surface area contributed by atoms with Gasteiger partial charge in [0.2, 0.25) is 0 Å². The van der Waals surface area contributed by atoms with Crippen molar-refractivity contribution in [2.75, 3.05) is 11.6 Å². The molecule has 0 amide bonds. The second-order valence-corrected chi connectivity index (χ2v) is 7.37. The predicted octanol–water partition coefficient (Wildman–Crippen LogP) is 3.91. The van der Waals surface area contributed by atoms with Gasteiger partial charge in [0, 0.05) is 17.5 Å². The maximum absolute atomic E-state index is 13.3. The zero-order chi connectivity index (χ0) is 17.2. The quantitative estimate of drug-likeness (QED) is 0.826. The Morgan fingerprint density at radius 2 is 1.96 bits per heavy atom. The highest BCUT2D eigenvalue weighted by atomic mass is 35.5. The van der Waals surface area contributed by atoms with Crippen molar-refractivity contribution in [3.05, 3.63) is 53.3 Å². The number of hydrogen-bond acceptors (Lipinski definition) is 4. The number of hydrogen-bond donors (Lipinski definition) is 1. The van der Waals surface area contributed by atoms with Gasteiger partial charge in [-0.25, -0.2) is 12.8 Å². The van der Waals surface area contributed by atoms with E-state index in [2.05, 4.69) is 5.32 Å². The lowest BCUT2D eigenvalue weighted by Gasteiger charge is -2.15. The van der Waals surface area contributed by atoms with Gasteiger partial charge in [0.15, 0.2) is 9.84 Å². The van der Waals surface area contributed by atoms with Crippen LogP contribution in [0, 0.1) is 5.82 Å². The molecular formula is C16H15ClFNO3S. The predicted molar refractivity (Wildman–Crippen MR) is 88.8 cm³/mol. The Hall–Kier alpha value is -1.92. The van der Waals surface area contributed by atoms with E-state index >= 15 is 0 Å². The summed E-state index contributed by atoms with van der Waals surface area (Å²) in [5, 5.41) is 2.17. The minimum Gasteiger partial charge on any atom is -0.354 e. The highest BCUT2D eigenvalue weighted by Gasteiger charge is 2.19. The fourth-order valence-electron chi connectivity index (χ4n) is 2.23. The smallest absolute Gasteiger partial charge is 0.252 e. The van der Waals surface area contributed by atoms with Gasteiger partial charge in [-0.3, -0.25) is 4.79 Å². The van der Waals surface area contributed by atoms with Crippen LogP contribution in [0.5, 0.6) is 0 Å². The van der Waals surface area contributed by atoms with Crippen LogP contribution in [-0.4, -0.2) is 19.9 Å². The van der Waals surface area contributed by atoms with Gasteiger partial charge < -0.3 is 5.32 Å². The molecule has 2 aromatic rings. The molecule has 0 heterocycles. The van der Waals surface area contributed by atoms with E-state index in [0.717, 1.165) is 6.26 Å². The number of rotatable bonds is 5. The molecule has 0 spiro atoms. The molecule has 0 saturated heterocycles. The van der Waals surface area contributed by atoms with Gasteiger partial charge >= 0.3 is 0 Å². The Kier molecular flexibility index (Phi) is 5.06. The topological polar surface area (TPSA) is 63.2 Å². The molecule has 23 heavy (non-hydrogen) atoms. The van der Waals surface area contributed by atoms with Crippen molar-refractivity contribution >= 4 is 38.1 Å². The molecule has 0 unspecified atom stereocenters. The summed E-state index contributed by atoms with van der Waals surface area (Å²) < 4.78 is 37.3. The van der Waals surface area contributed by atoms with E-state index in [9.17, 15) is 17.6 Å². The summed E-state index contributed by atoms with van der Waals surface area (Å²) in [5.41, 5.74) is 1.44. The summed E-state index contributed by atoms with van der Waals surface area (Å²) in [6, 6.07) is 8.46. The Balaban J connectivity index is 2.63. The van der Waals surface area contributed by atoms with Crippen molar-refractivity contribution in [1.29, 1.82) is 0 Å². The third-order valence-electron chi connectivity index (χ3n) is 3.30. The van der Waals surface area contributed by atoms with Crippen LogP contribution in [0.3, 0.4) is 0 Å². The SMILES string of the molecule is CCc1cc(Nc2cccc(F)c2)c(S(C)(=O)=O)cc1C(=O)Cl. The highest BCUT2D eigenvalue weighted by molar-refractivity contribution is 7.90. The molecule has 122 valence electrons. The van der Waals surface area contributed by atoms with E-state index in [1.807, 2.05) is 6.92 Å². The molecule has 0 atom stereocenters. The number of halogens is 2. The van der Waals surface area contributed by atoms with E-state index in [1.54, 1.807) is 12.1 Å². The van der Waals surface area contributed by atoms with Crippen LogP contribution in [0.1, 0.15) is 22.8 Å². The molecule has 0 bridgehead atoms. The highest BCUT2D eigenvalue weighted by Crippen LogP contribution is 2.30. The van der Waals surface area contributed by atoms with Crippen LogP contribution in [-0.2, 0) is 16.3 Å². The van der Waals surface area contributed by atoms with Gasteiger partial charge in [0.1, 0.15) is 5.82 Å². The van der Waals surface area contributed by atoms with Crippen molar-refractivity contribution < 1.29 is 17.6 Å². The van der Waals surface area contributed by atoms with Crippen molar-refractivity contribution in [2.45, 2.75) is 18.2 Å². The van der Waals surface area contributed by atoms with Crippen LogP contribution in [0.15, 0.2) is 41.3 Å². The molecule has 0 aliphatic carbocycles. The van der Waals surface area contributed by atoms with Gasteiger partial charge in [-0.15, -0.1) is 0 Å². The largest absolute Gasteiger partial charge is 0.354 e. The Morgan fingerprint density at radius 3 is 2.48 bits per heavy atom. The fourth-order valence-corrected chi connectivity index (χ4v) is 3.24. The molecule has 0 aliphatic heterocycles. The maximum atomic E-state index is 13.3. The first-order chi connectivity index (χ1) is 10.7. The Bertz CT molecular complexity index is 866. The second-order valence-electron chi connectivity index (χ2n) is 5.04. The lowest BCUT2D eigenvalue weighted by atomic mass is 10.0. The summed E-state index contributed by atoms with van der Waals surface area (Å²) in [4.78, 5) is 11.5. The van der Waals surface area contributed by atoms with Crippen molar-refractivity contribution in [3.63, 3.8) is 0 Å². The first kappa shape index (κ1) is 17.4. The van der Waals surface area contributed by atoms with Gasteiger partial charge in [0.25, 0.3) is 5.24 Å². The maximum Gasteiger partial charge on any atom is 0.252 e. The van der Waals surface area contributed by atoms with Gasteiger partial charge in [0.05, 0.1) is 10.6 Å². The molecule has 4 nitrogen and oxygen atoms in total. The fraction of sp³-hybridized carbons (Fsp3) is 0.188. The third-order valence-corrected chi connectivity index (χ3v) is 4.64. The lowest BCUT2D eigenvalue weighted by molar-refractivity contribution is 0.108. The molecule has 0 aliphatic rings. The van der Waals surface area contributed by atoms with E-state index < -0.39 is 20.9 Å². The summed E-state index contributed by atoms with van der Waals surface area (Å²) in [6.45, 7) is 1.82. The normalized spacial score (nSPS) is 11.3. The molecule has 0 aromatic heterocycles. The lowest BCUT2D eigenvalue weighted by Crippen LogP contribution is -2.07. The average molecular weight is 356 g/mol. The standard InChI is InChI=1S/C16H15ClFNO3S/c1-3-10-7-14(19-12-6-4-5-11(18)8-12)15(23(2,21)22)9-13(10)16(17)20/h4-9,19H,3H2,1-2H3.